The molecule has 0 aliphatic heterocycles. The van der Waals surface area contributed by atoms with Crippen molar-refractivity contribution in [2.75, 3.05) is 10.6 Å². The Morgan fingerprint density at radius 3 is 2.43 bits per heavy atom. The van der Waals surface area contributed by atoms with Gasteiger partial charge in [-0.25, -0.2) is 9.97 Å². The van der Waals surface area contributed by atoms with E-state index in [1.165, 1.54) is 11.8 Å². The zero-order chi connectivity index (χ0) is 16.7. The molecule has 6 heteroatoms. The molecule has 23 heavy (non-hydrogen) atoms. The van der Waals surface area contributed by atoms with E-state index in [2.05, 4.69) is 34.4 Å². The third-order valence-corrected chi connectivity index (χ3v) is 3.11. The first-order valence-corrected chi connectivity index (χ1v) is 7.15. The Balaban J connectivity index is 2.04. The van der Waals surface area contributed by atoms with Gasteiger partial charge in [0, 0.05) is 24.3 Å². The molecule has 0 unspecified atom stereocenters. The van der Waals surface area contributed by atoms with Crippen molar-refractivity contribution in [1.82, 2.24) is 9.97 Å². The number of hydrogen-bond acceptors (Lipinski definition) is 5. The van der Waals surface area contributed by atoms with E-state index in [1.807, 2.05) is 30.3 Å². The van der Waals surface area contributed by atoms with Crippen molar-refractivity contribution in [2.45, 2.75) is 19.8 Å². The largest absolute Gasteiger partial charge is 0.329 e. The molecule has 0 bridgehead atoms. The van der Waals surface area contributed by atoms with Crippen molar-refractivity contribution in [1.29, 1.82) is 5.26 Å². The number of carbonyl (C=O) groups excluding carboxylic acids is 1. The highest BCUT2D eigenvalue weighted by Crippen LogP contribution is 2.17. The van der Waals surface area contributed by atoms with Crippen molar-refractivity contribution in [3.05, 3.63) is 60.1 Å². The molecule has 0 spiro atoms. The third kappa shape index (κ3) is 4.64. The molecule has 0 aliphatic carbocycles. The van der Waals surface area contributed by atoms with E-state index in [0.29, 0.717) is 17.6 Å². The van der Waals surface area contributed by atoms with Crippen LogP contribution in [-0.2, 0) is 4.79 Å². The van der Waals surface area contributed by atoms with Crippen LogP contribution in [0, 0.1) is 11.3 Å². The van der Waals surface area contributed by atoms with Crippen molar-refractivity contribution < 1.29 is 4.79 Å². The minimum absolute atomic E-state index is 0.0645. The van der Waals surface area contributed by atoms with Gasteiger partial charge in [-0.15, -0.1) is 0 Å². The van der Waals surface area contributed by atoms with E-state index >= 15 is 0 Å². The van der Waals surface area contributed by atoms with Crippen molar-refractivity contribution in [3.8, 4) is 6.07 Å². The lowest BCUT2D eigenvalue weighted by molar-refractivity contribution is -0.112. The lowest BCUT2D eigenvalue weighted by atomic mass is 10.0. The van der Waals surface area contributed by atoms with Gasteiger partial charge in [0.05, 0.1) is 0 Å². The molecule has 1 aromatic carbocycles. The van der Waals surface area contributed by atoms with Crippen LogP contribution < -0.4 is 10.6 Å². The molecule has 0 saturated heterocycles. The Hall–Kier alpha value is -3.20. The average molecular weight is 307 g/mol. The minimum atomic E-state index is -0.492. The highest BCUT2D eigenvalue weighted by molar-refractivity contribution is 6.06. The fourth-order valence-corrected chi connectivity index (χ4v) is 1.81. The molecule has 0 atom stereocenters. The molecule has 1 aromatic heterocycles. The zero-order valence-corrected chi connectivity index (χ0v) is 12.9. The van der Waals surface area contributed by atoms with Crippen LogP contribution in [0.3, 0.4) is 0 Å². The van der Waals surface area contributed by atoms with E-state index in [0.717, 1.165) is 0 Å². The van der Waals surface area contributed by atoms with Gasteiger partial charge in [-0.3, -0.25) is 4.79 Å². The molecule has 0 radical (unpaired) electrons. The van der Waals surface area contributed by atoms with Crippen molar-refractivity contribution >= 4 is 17.5 Å². The molecule has 2 N–H and O–H groups in total. The van der Waals surface area contributed by atoms with Gasteiger partial charge in [0.15, 0.2) is 0 Å². The summed E-state index contributed by atoms with van der Waals surface area (Å²) < 4.78 is 0. The summed E-state index contributed by atoms with van der Waals surface area (Å²) in [5, 5.41) is 14.5. The van der Waals surface area contributed by atoms with E-state index in [4.69, 9.17) is 5.26 Å². The number of benzene rings is 1. The van der Waals surface area contributed by atoms with Gasteiger partial charge < -0.3 is 10.6 Å². The van der Waals surface area contributed by atoms with E-state index < -0.39 is 5.91 Å². The smallest absolute Gasteiger partial charge is 0.267 e. The number of nitrogens with one attached hydrogen (secondary N) is 2. The fourth-order valence-electron chi connectivity index (χ4n) is 1.81. The van der Waals surface area contributed by atoms with Gasteiger partial charge in [-0.1, -0.05) is 26.0 Å². The number of nitrogens with zero attached hydrogens (tertiary/aromatic N) is 3. The third-order valence-electron chi connectivity index (χ3n) is 3.11. The second-order valence-corrected chi connectivity index (χ2v) is 5.12. The number of anilines is 2. The minimum Gasteiger partial charge on any atom is -0.329 e. The maximum Gasteiger partial charge on any atom is 0.267 e. The summed E-state index contributed by atoms with van der Waals surface area (Å²) in [4.78, 5) is 20.0. The predicted molar refractivity (Wildman–Crippen MR) is 88.5 cm³/mol. The maximum absolute atomic E-state index is 12.1. The first-order chi connectivity index (χ1) is 11.1. The van der Waals surface area contributed by atoms with Crippen LogP contribution in [0.4, 0.5) is 11.6 Å². The summed E-state index contributed by atoms with van der Waals surface area (Å²) in [7, 11) is 0. The molecule has 116 valence electrons. The SMILES string of the molecule is CC(C)c1ccc(NC(=O)/C(C#N)=C\Nc2ncccn2)cc1. The lowest BCUT2D eigenvalue weighted by Crippen LogP contribution is -2.14. The first kappa shape index (κ1) is 16.2. The molecule has 0 fully saturated rings. The quantitative estimate of drug-likeness (QED) is 0.654. The highest BCUT2D eigenvalue weighted by Gasteiger charge is 2.09. The van der Waals surface area contributed by atoms with Gasteiger partial charge in [0.25, 0.3) is 5.91 Å². The van der Waals surface area contributed by atoms with E-state index in [1.54, 1.807) is 18.5 Å². The Labute approximate surface area is 134 Å². The summed E-state index contributed by atoms with van der Waals surface area (Å²) in [5.41, 5.74) is 1.75. The number of nitriles is 1. The van der Waals surface area contributed by atoms with E-state index in [9.17, 15) is 4.79 Å². The van der Waals surface area contributed by atoms with E-state index in [-0.39, 0.29) is 5.57 Å². The highest BCUT2D eigenvalue weighted by atomic mass is 16.1. The van der Waals surface area contributed by atoms with Crippen LogP contribution in [0.2, 0.25) is 0 Å². The standard InChI is InChI=1S/C17H17N5O/c1-12(2)13-4-6-15(7-5-13)22-16(23)14(10-18)11-21-17-19-8-3-9-20-17/h3-9,11-12H,1-2H3,(H,22,23)(H,19,20,21)/b14-11-. The molecule has 6 nitrogen and oxygen atoms in total. The summed E-state index contributed by atoms with van der Waals surface area (Å²) in [6, 6.07) is 11.1. The van der Waals surface area contributed by atoms with Crippen LogP contribution in [0.15, 0.2) is 54.5 Å². The molecule has 1 heterocycles. The molecule has 0 aliphatic rings. The Morgan fingerprint density at radius 2 is 1.87 bits per heavy atom. The van der Waals surface area contributed by atoms with Crippen LogP contribution in [0.1, 0.15) is 25.3 Å². The molecule has 0 saturated carbocycles. The van der Waals surface area contributed by atoms with Gasteiger partial charge in [0.1, 0.15) is 11.6 Å². The van der Waals surface area contributed by atoms with Crippen molar-refractivity contribution in [2.24, 2.45) is 0 Å². The Bertz CT molecular complexity index is 730. The second-order valence-electron chi connectivity index (χ2n) is 5.12. The lowest BCUT2D eigenvalue weighted by Gasteiger charge is -2.08. The van der Waals surface area contributed by atoms with Crippen molar-refractivity contribution in [3.63, 3.8) is 0 Å². The van der Waals surface area contributed by atoms with Gasteiger partial charge in [-0.05, 0) is 29.7 Å². The fraction of sp³-hybridized carbons (Fsp3) is 0.176. The summed E-state index contributed by atoms with van der Waals surface area (Å²) >= 11 is 0. The van der Waals surface area contributed by atoms with Crippen LogP contribution >= 0.6 is 0 Å². The number of amides is 1. The number of rotatable bonds is 5. The topological polar surface area (TPSA) is 90.7 Å². The Morgan fingerprint density at radius 1 is 1.22 bits per heavy atom. The second kappa shape index (κ2) is 7.71. The average Bonchev–Trinajstić information content (AvgIpc) is 2.57. The van der Waals surface area contributed by atoms with Gasteiger partial charge in [0.2, 0.25) is 5.95 Å². The predicted octanol–water partition coefficient (Wildman–Crippen LogP) is 3.06. The Kier molecular flexibility index (Phi) is 5.42. The zero-order valence-electron chi connectivity index (χ0n) is 12.9. The molecule has 2 aromatic rings. The number of carbonyl (C=O) groups is 1. The summed E-state index contributed by atoms with van der Waals surface area (Å²) in [6.07, 6.45) is 4.41. The first-order valence-electron chi connectivity index (χ1n) is 7.15. The summed E-state index contributed by atoms with van der Waals surface area (Å²) in [5.74, 6) is 0.243. The molecule has 1 amide bonds. The molecular weight excluding hydrogens is 290 g/mol. The maximum atomic E-state index is 12.1. The molecule has 2 rings (SSSR count). The molecular formula is C17H17N5O. The monoisotopic (exact) mass is 307 g/mol. The van der Waals surface area contributed by atoms with Crippen LogP contribution in [0.25, 0.3) is 0 Å². The number of hydrogen-bond donors (Lipinski definition) is 2. The van der Waals surface area contributed by atoms with Crippen LogP contribution in [-0.4, -0.2) is 15.9 Å². The normalized spacial score (nSPS) is 11.0. The van der Waals surface area contributed by atoms with Gasteiger partial charge in [-0.2, -0.15) is 5.26 Å². The number of aromatic nitrogens is 2. The summed E-state index contributed by atoms with van der Waals surface area (Å²) in [6.45, 7) is 4.20. The van der Waals surface area contributed by atoms with Gasteiger partial charge >= 0.3 is 0 Å². The van der Waals surface area contributed by atoms with Crippen LogP contribution in [0.5, 0.6) is 0 Å².